The summed E-state index contributed by atoms with van der Waals surface area (Å²) in [5.74, 6) is 0.524. The standard InChI is InChI=1S/C26H26N2O4/c27-25(30)26(18-19-8-3-1-4-9-19)23(20-10-5-2-6-11-20)32-24(28-26)21-12-14-22(15-13-21)31-17-7-16-29/h1-6,8-15,23,29H,7,16-18H2,(H2,27,30)/t23-,26-/m1/s1. The quantitative estimate of drug-likeness (QED) is 0.509. The van der Waals surface area contributed by atoms with Gasteiger partial charge in [0.1, 0.15) is 5.75 Å². The Morgan fingerprint density at radius 3 is 2.28 bits per heavy atom. The SMILES string of the molecule is NC(=O)[C@]1(Cc2ccccc2)N=C(c2ccc(OCCCO)cc2)O[C@@H]1c1ccccc1. The molecule has 32 heavy (non-hydrogen) atoms. The molecule has 0 aromatic heterocycles. The molecule has 6 nitrogen and oxygen atoms in total. The van der Waals surface area contributed by atoms with Crippen LogP contribution in [0.4, 0.5) is 0 Å². The van der Waals surface area contributed by atoms with E-state index in [9.17, 15) is 4.79 Å². The highest BCUT2D eigenvalue weighted by atomic mass is 16.5. The number of hydrogen-bond donors (Lipinski definition) is 2. The van der Waals surface area contributed by atoms with Gasteiger partial charge in [0.05, 0.1) is 6.61 Å². The van der Waals surface area contributed by atoms with E-state index < -0.39 is 17.6 Å². The number of nitrogens with two attached hydrogens (primary N) is 1. The van der Waals surface area contributed by atoms with Crippen molar-refractivity contribution in [2.24, 2.45) is 10.7 Å². The van der Waals surface area contributed by atoms with Crippen LogP contribution in [0.25, 0.3) is 0 Å². The van der Waals surface area contributed by atoms with Crippen molar-refractivity contribution in [3.8, 4) is 5.75 Å². The molecule has 0 spiro atoms. The number of carbonyl (C=O) groups is 1. The van der Waals surface area contributed by atoms with Crippen LogP contribution in [0, 0.1) is 0 Å². The van der Waals surface area contributed by atoms with Gasteiger partial charge in [-0.25, -0.2) is 4.99 Å². The predicted octanol–water partition coefficient (Wildman–Crippen LogP) is 3.43. The lowest BCUT2D eigenvalue weighted by Crippen LogP contribution is -2.47. The first kappa shape index (κ1) is 21.6. The Kier molecular flexibility index (Phi) is 6.52. The Morgan fingerprint density at radius 2 is 1.66 bits per heavy atom. The van der Waals surface area contributed by atoms with E-state index in [1.54, 1.807) is 0 Å². The first-order valence-corrected chi connectivity index (χ1v) is 10.6. The second-order valence-electron chi connectivity index (χ2n) is 7.73. The van der Waals surface area contributed by atoms with Crippen molar-refractivity contribution in [1.29, 1.82) is 0 Å². The van der Waals surface area contributed by atoms with E-state index in [1.165, 1.54) is 0 Å². The number of amides is 1. The molecule has 164 valence electrons. The van der Waals surface area contributed by atoms with E-state index in [1.807, 2.05) is 84.9 Å². The number of rotatable bonds is 9. The summed E-state index contributed by atoms with van der Waals surface area (Å²) in [6, 6.07) is 26.6. The fourth-order valence-corrected chi connectivity index (χ4v) is 3.84. The van der Waals surface area contributed by atoms with Crippen LogP contribution >= 0.6 is 0 Å². The summed E-state index contributed by atoms with van der Waals surface area (Å²) in [5, 5.41) is 8.90. The molecular formula is C26H26N2O4. The Balaban J connectivity index is 1.70. The maximum atomic E-state index is 12.9. The number of nitrogens with zero attached hydrogens (tertiary/aromatic N) is 1. The highest BCUT2D eigenvalue weighted by Crippen LogP contribution is 2.42. The molecule has 6 heteroatoms. The third-order valence-corrected chi connectivity index (χ3v) is 5.48. The average Bonchev–Trinajstić information content (AvgIpc) is 3.22. The molecule has 0 aliphatic carbocycles. The van der Waals surface area contributed by atoms with Gasteiger partial charge in [0.2, 0.25) is 11.8 Å². The molecule has 0 radical (unpaired) electrons. The van der Waals surface area contributed by atoms with E-state index in [4.69, 9.17) is 25.3 Å². The van der Waals surface area contributed by atoms with E-state index in [0.29, 0.717) is 31.1 Å². The van der Waals surface area contributed by atoms with Crippen LogP contribution in [0.15, 0.2) is 89.9 Å². The maximum Gasteiger partial charge on any atom is 0.250 e. The molecule has 0 fully saturated rings. The zero-order valence-corrected chi connectivity index (χ0v) is 17.7. The molecule has 0 saturated heterocycles. The van der Waals surface area contributed by atoms with E-state index in [2.05, 4.69) is 0 Å². The zero-order chi connectivity index (χ0) is 22.4. The monoisotopic (exact) mass is 430 g/mol. The number of aliphatic imine (C=N–C) groups is 1. The number of benzene rings is 3. The summed E-state index contributed by atoms with van der Waals surface area (Å²) >= 11 is 0. The summed E-state index contributed by atoms with van der Waals surface area (Å²) in [5.41, 5.74) is 7.23. The van der Waals surface area contributed by atoms with Gasteiger partial charge in [0.25, 0.3) is 0 Å². The summed E-state index contributed by atoms with van der Waals surface area (Å²) in [7, 11) is 0. The number of primary amides is 1. The van der Waals surface area contributed by atoms with E-state index in [0.717, 1.165) is 16.7 Å². The van der Waals surface area contributed by atoms with Crippen LogP contribution in [0.2, 0.25) is 0 Å². The molecule has 1 aliphatic rings. The van der Waals surface area contributed by atoms with Crippen LogP contribution < -0.4 is 10.5 Å². The minimum atomic E-state index is -1.27. The molecular weight excluding hydrogens is 404 g/mol. The smallest absolute Gasteiger partial charge is 0.250 e. The van der Waals surface area contributed by atoms with Gasteiger partial charge < -0.3 is 20.3 Å². The van der Waals surface area contributed by atoms with Gasteiger partial charge in [0.15, 0.2) is 11.6 Å². The molecule has 0 saturated carbocycles. The number of aliphatic hydroxyl groups excluding tert-OH is 1. The minimum absolute atomic E-state index is 0.0835. The van der Waals surface area contributed by atoms with Crippen molar-refractivity contribution in [2.45, 2.75) is 24.5 Å². The second kappa shape index (κ2) is 9.66. The molecule has 1 aliphatic heterocycles. The van der Waals surface area contributed by atoms with Gasteiger partial charge in [-0.3, -0.25) is 4.79 Å². The summed E-state index contributed by atoms with van der Waals surface area (Å²) in [4.78, 5) is 17.7. The largest absolute Gasteiger partial charge is 0.494 e. The third kappa shape index (κ3) is 4.50. The van der Waals surface area contributed by atoms with Crippen LogP contribution in [0.1, 0.15) is 29.2 Å². The van der Waals surface area contributed by atoms with E-state index in [-0.39, 0.29) is 6.61 Å². The van der Waals surface area contributed by atoms with Gasteiger partial charge in [-0.05, 0) is 35.4 Å². The average molecular weight is 431 g/mol. The fourth-order valence-electron chi connectivity index (χ4n) is 3.84. The molecule has 4 rings (SSSR count). The van der Waals surface area contributed by atoms with Crippen LogP contribution in [-0.2, 0) is 16.0 Å². The first-order valence-electron chi connectivity index (χ1n) is 10.6. The molecule has 3 N–H and O–H groups in total. The van der Waals surface area contributed by atoms with Crippen molar-refractivity contribution in [3.05, 3.63) is 102 Å². The van der Waals surface area contributed by atoms with E-state index >= 15 is 0 Å². The third-order valence-electron chi connectivity index (χ3n) is 5.48. The minimum Gasteiger partial charge on any atom is -0.494 e. The van der Waals surface area contributed by atoms with Crippen molar-refractivity contribution in [2.75, 3.05) is 13.2 Å². The van der Waals surface area contributed by atoms with Crippen LogP contribution in [0.5, 0.6) is 5.75 Å². The lowest BCUT2D eigenvalue weighted by atomic mass is 9.82. The zero-order valence-electron chi connectivity index (χ0n) is 17.7. The molecule has 0 bridgehead atoms. The highest BCUT2D eigenvalue weighted by Gasteiger charge is 2.52. The van der Waals surface area contributed by atoms with Crippen molar-refractivity contribution >= 4 is 11.8 Å². The number of hydrogen-bond acceptors (Lipinski definition) is 5. The first-order chi connectivity index (χ1) is 15.6. The number of carbonyl (C=O) groups excluding carboxylic acids is 1. The van der Waals surface area contributed by atoms with Gasteiger partial charge in [-0.2, -0.15) is 0 Å². The number of aliphatic hydroxyl groups is 1. The van der Waals surface area contributed by atoms with Crippen LogP contribution in [-0.4, -0.2) is 35.7 Å². The van der Waals surface area contributed by atoms with Crippen molar-refractivity contribution < 1.29 is 19.4 Å². The summed E-state index contributed by atoms with van der Waals surface area (Å²) in [6.45, 7) is 0.519. The number of ether oxygens (including phenoxy) is 2. The Bertz CT molecular complexity index is 1070. The fraction of sp³-hybridized carbons (Fsp3) is 0.231. The Hall–Kier alpha value is -3.64. The normalized spacial score (nSPS) is 19.8. The molecule has 0 unspecified atom stereocenters. The molecule has 1 heterocycles. The molecule has 1 amide bonds. The van der Waals surface area contributed by atoms with Crippen molar-refractivity contribution in [3.63, 3.8) is 0 Å². The molecule has 3 aromatic rings. The Morgan fingerprint density at radius 1 is 1.00 bits per heavy atom. The lowest BCUT2D eigenvalue weighted by molar-refractivity contribution is -0.125. The summed E-state index contributed by atoms with van der Waals surface area (Å²) < 4.78 is 11.9. The predicted molar refractivity (Wildman–Crippen MR) is 123 cm³/mol. The Labute approximate surface area is 187 Å². The lowest BCUT2D eigenvalue weighted by Gasteiger charge is -2.29. The molecule has 2 atom stereocenters. The topological polar surface area (TPSA) is 94.1 Å². The summed E-state index contributed by atoms with van der Waals surface area (Å²) in [6.07, 6.45) is 0.253. The highest BCUT2D eigenvalue weighted by molar-refractivity contribution is 6.00. The maximum absolute atomic E-state index is 12.9. The molecule has 3 aromatic carbocycles. The van der Waals surface area contributed by atoms with Crippen molar-refractivity contribution in [1.82, 2.24) is 0 Å². The van der Waals surface area contributed by atoms with Gasteiger partial charge >= 0.3 is 0 Å². The van der Waals surface area contributed by atoms with Gasteiger partial charge in [-0.15, -0.1) is 0 Å². The van der Waals surface area contributed by atoms with Crippen LogP contribution in [0.3, 0.4) is 0 Å². The van der Waals surface area contributed by atoms with Gasteiger partial charge in [-0.1, -0.05) is 60.7 Å². The second-order valence-corrected chi connectivity index (χ2v) is 7.73. The van der Waals surface area contributed by atoms with Gasteiger partial charge in [0, 0.05) is 25.0 Å².